The van der Waals surface area contributed by atoms with E-state index in [0.717, 1.165) is 36.3 Å². The van der Waals surface area contributed by atoms with E-state index >= 15 is 0 Å². The Balaban J connectivity index is 1.60. The minimum absolute atomic E-state index is 0.0734. The van der Waals surface area contributed by atoms with Crippen molar-refractivity contribution in [1.82, 2.24) is 10.2 Å². The number of likely N-dealkylation sites (N-methyl/N-ethyl adjacent to an activating group) is 1. The van der Waals surface area contributed by atoms with E-state index in [1.165, 1.54) is 0 Å². The largest absolute Gasteiger partial charge is 0.370 e. The highest BCUT2D eigenvalue weighted by atomic mass is 16.2. The molecule has 1 unspecified atom stereocenters. The second kappa shape index (κ2) is 7.01. The van der Waals surface area contributed by atoms with Gasteiger partial charge in [0.05, 0.1) is 11.1 Å². The Labute approximate surface area is 163 Å². The van der Waals surface area contributed by atoms with Crippen molar-refractivity contribution in [2.24, 2.45) is 5.73 Å². The van der Waals surface area contributed by atoms with Gasteiger partial charge in [0, 0.05) is 31.2 Å². The third kappa shape index (κ3) is 2.97. The fourth-order valence-electron chi connectivity index (χ4n) is 4.49. The average molecular weight is 384 g/mol. The molecule has 1 saturated carbocycles. The van der Waals surface area contributed by atoms with Gasteiger partial charge in [0.2, 0.25) is 11.8 Å². The zero-order chi connectivity index (χ0) is 20.0. The van der Waals surface area contributed by atoms with E-state index in [4.69, 9.17) is 5.73 Å². The summed E-state index contributed by atoms with van der Waals surface area (Å²) in [5, 5.41) is 2.21. The number of carbonyl (C=O) groups excluding carboxylic acids is 4. The van der Waals surface area contributed by atoms with Crippen LogP contribution in [0.2, 0.25) is 0 Å². The number of imide groups is 2. The Bertz CT molecular complexity index is 868. The molecule has 1 aliphatic carbocycles. The maximum absolute atomic E-state index is 12.9. The third-order valence-corrected chi connectivity index (χ3v) is 6.11. The summed E-state index contributed by atoms with van der Waals surface area (Å²) in [5.74, 6) is -1.96. The molecule has 1 saturated heterocycles. The van der Waals surface area contributed by atoms with Crippen LogP contribution in [0.1, 0.15) is 59.2 Å². The molecule has 0 aromatic heterocycles. The molecule has 28 heavy (non-hydrogen) atoms. The van der Waals surface area contributed by atoms with Crippen LogP contribution in [0.25, 0.3) is 0 Å². The molecule has 2 heterocycles. The van der Waals surface area contributed by atoms with Crippen molar-refractivity contribution in [3.8, 4) is 0 Å². The molecule has 2 fully saturated rings. The van der Waals surface area contributed by atoms with Gasteiger partial charge >= 0.3 is 0 Å². The zero-order valence-corrected chi connectivity index (χ0v) is 15.8. The number of anilines is 1. The number of hydrogen-bond acceptors (Lipinski definition) is 6. The SMILES string of the molecule is CN(c1ccc2c(c1)C(=O)N(C1CCC(=O)NC1=O)C2=O)[C@H]1CCCC[C@H]1N. The maximum atomic E-state index is 12.9. The predicted octanol–water partition coefficient (Wildman–Crippen LogP) is 0.794. The molecular formula is C20H24N4O4. The molecule has 2 aliphatic heterocycles. The normalized spacial score (nSPS) is 27.6. The first-order chi connectivity index (χ1) is 13.4. The highest BCUT2D eigenvalue weighted by Crippen LogP contribution is 2.32. The van der Waals surface area contributed by atoms with E-state index < -0.39 is 23.8 Å². The Morgan fingerprint density at radius 2 is 1.75 bits per heavy atom. The van der Waals surface area contributed by atoms with Gasteiger partial charge in [-0.25, -0.2) is 0 Å². The number of hydrogen-bond donors (Lipinski definition) is 2. The lowest BCUT2D eigenvalue weighted by Gasteiger charge is -2.37. The van der Waals surface area contributed by atoms with Crippen LogP contribution < -0.4 is 16.0 Å². The van der Waals surface area contributed by atoms with Crippen LogP contribution >= 0.6 is 0 Å². The first-order valence-corrected chi connectivity index (χ1v) is 9.72. The van der Waals surface area contributed by atoms with Gasteiger partial charge in [0.15, 0.2) is 0 Å². The summed E-state index contributed by atoms with van der Waals surface area (Å²) in [6, 6.07) is 4.48. The lowest BCUT2D eigenvalue weighted by molar-refractivity contribution is -0.136. The molecule has 8 nitrogen and oxygen atoms in total. The molecule has 3 N–H and O–H groups in total. The van der Waals surface area contributed by atoms with Gasteiger partial charge in [0.1, 0.15) is 6.04 Å². The molecule has 0 radical (unpaired) electrons. The molecule has 0 bridgehead atoms. The van der Waals surface area contributed by atoms with Gasteiger partial charge in [-0.05, 0) is 37.5 Å². The van der Waals surface area contributed by atoms with Gasteiger partial charge in [-0.1, -0.05) is 12.8 Å². The van der Waals surface area contributed by atoms with Gasteiger partial charge in [0.25, 0.3) is 11.8 Å². The lowest BCUT2D eigenvalue weighted by atomic mass is 9.89. The Morgan fingerprint density at radius 1 is 1.04 bits per heavy atom. The Morgan fingerprint density at radius 3 is 2.46 bits per heavy atom. The molecule has 0 spiro atoms. The van der Waals surface area contributed by atoms with Crippen LogP contribution in [-0.4, -0.2) is 53.7 Å². The van der Waals surface area contributed by atoms with E-state index in [1.54, 1.807) is 12.1 Å². The summed E-state index contributed by atoms with van der Waals surface area (Å²) >= 11 is 0. The van der Waals surface area contributed by atoms with Gasteiger partial charge in [-0.2, -0.15) is 0 Å². The minimum atomic E-state index is -0.946. The number of nitrogens with zero attached hydrogens (tertiary/aromatic N) is 2. The number of amides is 4. The van der Waals surface area contributed by atoms with Gasteiger partial charge in [-0.15, -0.1) is 0 Å². The van der Waals surface area contributed by atoms with Crippen molar-refractivity contribution in [2.75, 3.05) is 11.9 Å². The van der Waals surface area contributed by atoms with Crippen molar-refractivity contribution in [3.05, 3.63) is 29.3 Å². The molecule has 3 aliphatic rings. The van der Waals surface area contributed by atoms with Crippen molar-refractivity contribution in [3.63, 3.8) is 0 Å². The van der Waals surface area contributed by atoms with Gasteiger partial charge in [-0.3, -0.25) is 29.4 Å². The molecule has 4 rings (SSSR count). The fourth-order valence-corrected chi connectivity index (χ4v) is 4.49. The quantitative estimate of drug-likeness (QED) is 0.745. The van der Waals surface area contributed by atoms with Crippen molar-refractivity contribution >= 4 is 29.3 Å². The van der Waals surface area contributed by atoms with Crippen LogP contribution in [0.4, 0.5) is 5.69 Å². The summed E-state index contributed by atoms with van der Waals surface area (Å²) in [5.41, 5.74) is 7.70. The minimum Gasteiger partial charge on any atom is -0.370 e. The second-order valence-corrected chi connectivity index (χ2v) is 7.80. The van der Waals surface area contributed by atoms with Crippen molar-refractivity contribution in [2.45, 2.75) is 56.7 Å². The highest BCUT2D eigenvalue weighted by molar-refractivity contribution is 6.23. The molecule has 1 aromatic rings. The zero-order valence-electron chi connectivity index (χ0n) is 15.8. The Kier molecular flexibility index (Phi) is 4.66. The monoisotopic (exact) mass is 384 g/mol. The van der Waals surface area contributed by atoms with Crippen LogP contribution in [-0.2, 0) is 9.59 Å². The molecule has 8 heteroatoms. The van der Waals surface area contributed by atoms with Crippen LogP contribution in [0.3, 0.4) is 0 Å². The number of benzene rings is 1. The van der Waals surface area contributed by atoms with E-state index in [9.17, 15) is 19.2 Å². The third-order valence-electron chi connectivity index (χ3n) is 6.11. The average Bonchev–Trinajstić information content (AvgIpc) is 2.92. The highest BCUT2D eigenvalue weighted by Gasteiger charge is 2.44. The number of nitrogens with one attached hydrogen (secondary N) is 1. The van der Waals surface area contributed by atoms with E-state index in [-0.39, 0.29) is 30.8 Å². The van der Waals surface area contributed by atoms with E-state index in [2.05, 4.69) is 10.2 Å². The molecule has 3 atom stereocenters. The summed E-state index contributed by atoms with van der Waals surface area (Å²) in [7, 11) is 1.96. The molecule has 148 valence electrons. The number of nitrogens with two attached hydrogens (primary N) is 1. The summed E-state index contributed by atoms with van der Waals surface area (Å²) in [4.78, 5) is 52.3. The molecule has 4 amide bonds. The number of fused-ring (bicyclic) bond motifs is 1. The summed E-state index contributed by atoms with van der Waals surface area (Å²) in [6.45, 7) is 0. The summed E-state index contributed by atoms with van der Waals surface area (Å²) in [6.07, 6.45) is 4.47. The van der Waals surface area contributed by atoms with Gasteiger partial charge < -0.3 is 10.6 Å². The smallest absolute Gasteiger partial charge is 0.262 e. The number of rotatable bonds is 3. The first-order valence-electron chi connectivity index (χ1n) is 9.72. The second-order valence-electron chi connectivity index (χ2n) is 7.80. The summed E-state index contributed by atoms with van der Waals surface area (Å²) < 4.78 is 0. The Hall–Kier alpha value is -2.74. The fraction of sp³-hybridized carbons (Fsp3) is 0.500. The topological polar surface area (TPSA) is 113 Å². The van der Waals surface area contributed by atoms with Crippen molar-refractivity contribution < 1.29 is 19.2 Å². The number of piperidine rings is 1. The lowest BCUT2D eigenvalue weighted by Crippen LogP contribution is -2.54. The predicted molar refractivity (Wildman–Crippen MR) is 102 cm³/mol. The standard InChI is InChI=1S/C20H24N4O4/c1-23(15-5-3-2-4-14(15)21)11-6-7-12-13(10-11)20(28)24(19(12)27)16-8-9-17(25)22-18(16)26/h6-7,10,14-16H,2-5,8-9,21H2,1H3,(H,22,25,26)/t14-,15+,16?/m1/s1. The van der Waals surface area contributed by atoms with Crippen LogP contribution in [0, 0.1) is 0 Å². The van der Waals surface area contributed by atoms with E-state index in [0.29, 0.717) is 11.1 Å². The maximum Gasteiger partial charge on any atom is 0.262 e. The van der Waals surface area contributed by atoms with Crippen molar-refractivity contribution in [1.29, 1.82) is 0 Å². The van der Waals surface area contributed by atoms with E-state index in [1.807, 2.05) is 13.1 Å². The molecular weight excluding hydrogens is 360 g/mol. The number of carbonyl (C=O) groups is 4. The molecule has 1 aromatic carbocycles. The first kappa shape index (κ1) is 18.6. The van der Waals surface area contributed by atoms with Crippen LogP contribution in [0.15, 0.2) is 18.2 Å². The van der Waals surface area contributed by atoms with Crippen LogP contribution in [0.5, 0.6) is 0 Å².